The van der Waals surface area contributed by atoms with Crippen LogP contribution in [-0.2, 0) is 0 Å². The summed E-state index contributed by atoms with van der Waals surface area (Å²) in [5, 5.41) is 0. The molecular weight excluding hydrogens is 234 g/mol. The van der Waals surface area contributed by atoms with Gasteiger partial charge in [0.25, 0.3) is 0 Å². The van der Waals surface area contributed by atoms with Crippen molar-refractivity contribution in [3.8, 4) is 0 Å². The highest BCUT2D eigenvalue weighted by Gasteiger charge is 2.35. The van der Waals surface area contributed by atoms with Gasteiger partial charge in [-0.1, -0.05) is 13.8 Å². The number of anilines is 1. The monoisotopic (exact) mass is 254 g/mol. The Kier molecular flexibility index (Phi) is 3.55. The third-order valence-electron chi connectivity index (χ3n) is 3.61. The van der Waals surface area contributed by atoms with Crippen LogP contribution in [0.4, 0.5) is 14.5 Å². The van der Waals surface area contributed by atoms with E-state index in [2.05, 4.69) is 18.8 Å². The van der Waals surface area contributed by atoms with E-state index in [1.54, 1.807) is 0 Å². The molecule has 1 heterocycles. The van der Waals surface area contributed by atoms with E-state index in [1.165, 1.54) is 0 Å². The Bertz CT molecular complexity index is 420. The van der Waals surface area contributed by atoms with Gasteiger partial charge in [0.2, 0.25) is 5.92 Å². The molecular formula is C14H20F2N2. The van der Waals surface area contributed by atoms with Crippen LogP contribution >= 0.6 is 0 Å². The molecule has 2 rings (SSSR count). The minimum atomic E-state index is -2.49. The molecule has 0 atom stereocenters. The summed E-state index contributed by atoms with van der Waals surface area (Å²) < 4.78 is 26.3. The normalized spacial score (nSPS) is 20.3. The first-order chi connectivity index (χ1) is 8.37. The van der Waals surface area contributed by atoms with E-state index in [9.17, 15) is 8.78 Å². The van der Waals surface area contributed by atoms with Crippen LogP contribution in [-0.4, -0.2) is 10.9 Å². The summed E-state index contributed by atoms with van der Waals surface area (Å²) in [6.07, 6.45) is 0.929. The van der Waals surface area contributed by atoms with Crippen LogP contribution in [0.5, 0.6) is 0 Å². The Morgan fingerprint density at radius 2 is 1.89 bits per heavy atom. The molecule has 1 aliphatic rings. The summed E-state index contributed by atoms with van der Waals surface area (Å²) in [5.41, 5.74) is 8.38. The van der Waals surface area contributed by atoms with Gasteiger partial charge >= 0.3 is 0 Å². The standard InChI is InChI=1S/C14H20F2N2/c1-9(2)12-7-11(17)8-13(18-12)10-3-5-14(15,16)6-4-10/h7-10H,3-6H2,1-2H3,(H2,17,18). The number of aromatic nitrogens is 1. The van der Waals surface area contributed by atoms with Gasteiger partial charge in [0.15, 0.2) is 0 Å². The van der Waals surface area contributed by atoms with Gasteiger partial charge in [0.05, 0.1) is 0 Å². The number of nitrogens with zero attached hydrogens (tertiary/aromatic N) is 1. The number of halogens is 2. The Morgan fingerprint density at radius 1 is 1.28 bits per heavy atom. The Hall–Kier alpha value is -1.19. The second kappa shape index (κ2) is 4.82. The molecule has 18 heavy (non-hydrogen) atoms. The summed E-state index contributed by atoms with van der Waals surface area (Å²) in [5.74, 6) is -2.06. The molecule has 0 amide bonds. The number of nitrogen functional groups attached to an aromatic ring is 1. The smallest absolute Gasteiger partial charge is 0.248 e. The highest BCUT2D eigenvalue weighted by Crippen LogP contribution is 2.40. The fourth-order valence-corrected chi connectivity index (χ4v) is 2.44. The van der Waals surface area contributed by atoms with Crippen LogP contribution in [0.25, 0.3) is 0 Å². The van der Waals surface area contributed by atoms with Gasteiger partial charge in [-0.2, -0.15) is 0 Å². The minimum absolute atomic E-state index is 0.0365. The first-order valence-electron chi connectivity index (χ1n) is 6.52. The molecule has 1 saturated carbocycles. The fraction of sp³-hybridized carbons (Fsp3) is 0.643. The molecule has 100 valence electrons. The zero-order chi connectivity index (χ0) is 13.3. The number of hydrogen-bond donors (Lipinski definition) is 1. The molecule has 0 spiro atoms. The number of alkyl halides is 2. The van der Waals surface area contributed by atoms with Crippen molar-refractivity contribution in [1.29, 1.82) is 0 Å². The molecule has 0 radical (unpaired) electrons. The van der Waals surface area contributed by atoms with Gasteiger partial charge < -0.3 is 5.73 Å². The molecule has 4 heteroatoms. The van der Waals surface area contributed by atoms with Crippen LogP contribution in [0.1, 0.15) is 62.8 Å². The predicted octanol–water partition coefficient (Wildman–Crippen LogP) is 4.08. The number of hydrogen-bond acceptors (Lipinski definition) is 2. The maximum absolute atomic E-state index is 13.1. The molecule has 0 saturated heterocycles. The summed E-state index contributed by atoms with van der Waals surface area (Å²) in [4.78, 5) is 4.58. The first kappa shape index (κ1) is 13.2. The third-order valence-corrected chi connectivity index (χ3v) is 3.61. The lowest BCUT2D eigenvalue weighted by molar-refractivity contribution is -0.0384. The van der Waals surface area contributed by atoms with E-state index in [0.29, 0.717) is 24.4 Å². The zero-order valence-corrected chi connectivity index (χ0v) is 10.9. The van der Waals surface area contributed by atoms with Gasteiger partial charge in [-0.05, 0) is 30.9 Å². The van der Waals surface area contributed by atoms with Crippen molar-refractivity contribution in [3.63, 3.8) is 0 Å². The molecule has 1 aromatic rings. The van der Waals surface area contributed by atoms with Crippen LogP contribution in [0, 0.1) is 0 Å². The summed E-state index contributed by atoms with van der Waals surface area (Å²) in [6, 6.07) is 3.70. The van der Waals surface area contributed by atoms with Gasteiger partial charge in [-0.15, -0.1) is 0 Å². The second-order valence-electron chi connectivity index (χ2n) is 5.54. The summed E-state index contributed by atoms with van der Waals surface area (Å²) in [7, 11) is 0. The van der Waals surface area contributed by atoms with Crippen molar-refractivity contribution < 1.29 is 8.78 Å². The SMILES string of the molecule is CC(C)c1cc(N)cc(C2CCC(F)(F)CC2)n1. The second-order valence-corrected chi connectivity index (χ2v) is 5.54. The number of rotatable bonds is 2. The Labute approximate surface area is 107 Å². The predicted molar refractivity (Wildman–Crippen MR) is 68.9 cm³/mol. The highest BCUT2D eigenvalue weighted by molar-refractivity contribution is 5.42. The molecule has 1 aliphatic carbocycles. The molecule has 0 aliphatic heterocycles. The minimum Gasteiger partial charge on any atom is -0.399 e. The maximum atomic E-state index is 13.1. The fourth-order valence-electron chi connectivity index (χ4n) is 2.44. The molecule has 1 aromatic heterocycles. The van der Waals surface area contributed by atoms with Gasteiger partial charge in [-0.3, -0.25) is 4.98 Å². The molecule has 0 aromatic carbocycles. The number of nitrogens with two attached hydrogens (primary N) is 1. The van der Waals surface area contributed by atoms with Crippen molar-refractivity contribution in [2.45, 2.75) is 57.3 Å². The van der Waals surface area contributed by atoms with E-state index in [0.717, 1.165) is 11.4 Å². The van der Waals surface area contributed by atoms with E-state index in [1.807, 2.05) is 12.1 Å². The first-order valence-corrected chi connectivity index (χ1v) is 6.52. The average molecular weight is 254 g/mol. The lowest BCUT2D eigenvalue weighted by Gasteiger charge is -2.28. The van der Waals surface area contributed by atoms with Crippen molar-refractivity contribution >= 4 is 5.69 Å². The van der Waals surface area contributed by atoms with Gasteiger partial charge in [0, 0.05) is 35.8 Å². The van der Waals surface area contributed by atoms with E-state index < -0.39 is 5.92 Å². The van der Waals surface area contributed by atoms with Crippen LogP contribution in [0.3, 0.4) is 0 Å². The average Bonchev–Trinajstić information content (AvgIpc) is 2.28. The molecule has 0 unspecified atom stereocenters. The third kappa shape index (κ3) is 2.98. The maximum Gasteiger partial charge on any atom is 0.248 e. The lowest BCUT2D eigenvalue weighted by atomic mass is 9.84. The molecule has 2 N–H and O–H groups in total. The Balaban J connectivity index is 2.19. The topological polar surface area (TPSA) is 38.9 Å². The van der Waals surface area contributed by atoms with Crippen LogP contribution < -0.4 is 5.73 Å². The van der Waals surface area contributed by atoms with Crippen molar-refractivity contribution in [3.05, 3.63) is 23.5 Å². The summed E-state index contributed by atoms with van der Waals surface area (Å²) in [6.45, 7) is 4.11. The van der Waals surface area contributed by atoms with E-state index >= 15 is 0 Å². The molecule has 2 nitrogen and oxygen atoms in total. The van der Waals surface area contributed by atoms with Crippen molar-refractivity contribution in [2.75, 3.05) is 5.73 Å². The highest BCUT2D eigenvalue weighted by atomic mass is 19.3. The number of pyridine rings is 1. The lowest BCUT2D eigenvalue weighted by Crippen LogP contribution is -2.24. The molecule has 1 fully saturated rings. The van der Waals surface area contributed by atoms with Crippen molar-refractivity contribution in [2.24, 2.45) is 0 Å². The Morgan fingerprint density at radius 3 is 2.44 bits per heavy atom. The largest absolute Gasteiger partial charge is 0.399 e. The quantitative estimate of drug-likeness (QED) is 0.863. The van der Waals surface area contributed by atoms with Crippen LogP contribution in [0.2, 0.25) is 0 Å². The van der Waals surface area contributed by atoms with Crippen molar-refractivity contribution in [1.82, 2.24) is 4.98 Å². The zero-order valence-electron chi connectivity index (χ0n) is 10.9. The van der Waals surface area contributed by atoms with Crippen LogP contribution in [0.15, 0.2) is 12.1 Å². The van der Waals surface area contributed by atoms with E-state index in [4.69, 9.17) is 5.73 Å². The van der Waals surface area contributed by atoms with Gasteiger partial charge in [-0.25, -0.2) is 8.78 Å². The van der Waals surface area contributed by atoms with Gasteiger partial charge in [0.1, 0.15) is 0 Å². The van der Waals surface area contributed by atoms with E-state index in [-0.39, 0.29) is 18.8 Å². The summed E-state index contributed by atoms with van der Waals surface area (Å²) >= 11 is 0. The molecule has 0 bridgehead atoms.